The summed E-state index contributed by atoms with van der Waals surface area (Å²) < 4.78 is 0. The van der Waals surface area contributed by atoms with Gasteiger partial charge in [0.25, 0.3) is 0 Å². The summed E-state index contributed by atoms with van der Waals surface area (Å²) in [4.78, 5) is 0. The molecule has 1 nitrogen and oxygen atoms in total. The molecule has 0 unspecified atom stereocenters. The van der Waals surface area contributed by atoms with Crippen LogP contribution in [0, 0.1) is 6.92 Å². The van der Waals surface area contributed by atoms with E-state index in [2.05, 4.69) is 57.3 Å². The number of benzene rings is 1. The van der Waals surface area contributed by atoms with Crippen molar-refractivity contribution < 1.29 is 0 Å². The molecule has 0 atom stereocenters. The minimum absolute atomic E-state index is 0.202. The number of hydrogen-bond acceptors (Lipinski definition) is 1. The first-order chi connectivity index (χ1) is 8.38. The van der Waals surface area contributed by atoms with E-state index in [1.807, 2.05) is 6.07 Å². The Hall–Kier alpha value is -0.790. The Morgan fingerprint density at radius 3 is 2.56 bits per heavy atom. The Balaban J connectivity index is 2.32. The third-order valence-corrected chi connectivity index (χ3v) is 3.03. The molecule has 1 aromatic carbocycles. The van der Waals surface area contributed by atoms with Crippen LogP contribution in [0.25, 0.3) is 0 Å². The van der Waals surface area contributed by atoms with Gasteiger partial charge in [0.2, 0.25) is 0 Å². The van der Waals surface area contributed by atoms with Crippen molar-refractivity contribution in [3.05, 3.63) is 46.5 Å². The summed E-state index contributed by atoms with van der Waals surface area (Å²) in [5, 5.41) is 4.33. The van der Waals surface area contributed by atoms with Crippen LogP contribution in [0.1, 0.15) is 38.3 Å². The topological polar surface area (TPSA) is 12.0 Å². The van der Waals surface area contributed by atoms with Gasteiger partial charge in [0, 0.05) is 10.6 Å². The maximum atomic E-state index is 6.18. The van der Waals surface area contributed by atoms with E-state index >= 15 is 0 Å². The van der Waals surface area contributed by atoms with E-state index in [9.17, 15) is 0 Å². The molecular weight excluding hydrogens is 242 g/mol. The number of nitrogens with one attached hydrogen (secondary N) is 1. The first kappa shape index (κ1) is 15.3. The van der Waals surface area contributed by atoms with Gasteiger partial charge in [0.05, 0.1) is 0 Å². The fraction of sp³-hybridized carbons (Fsp3) is 0.500. The largest absolute Gasteiger partial charge is 0.312 e. The molecule has 0 bridgehead atoms. The predicted molar refractivity (Wildman–Crippen MR) is 81.4 cm³/mol. The Morgan fingerprint density at radius 2 is 1.94 bits per heavy atom. The highest BCUT2D eigenvalue weighted by Crippen LogP contribution is 2.18. The Labute approximate surface area is 116 Å². The quantitative estimate of drug-likeness (QED) is 0.609. The molecule has 2 heteroatoms. The average molecular weight is 266 g/mol. The first-order valence-corrected chi connectivity index (χ1v) is 6.91. The number of hydrogen-bond donors (Lipinski definition) is 1. The number of allylic oxidation sites excluding steroid dienone is 1. The lowest BCUT2D eigenvalue weighted by molar-refractivity contribution is 0.431. The molecule has 0 aliphatic heterocycles. The van der Waals surface area contributed by atoms with Gasteiger partial charge in [-0.3, -0.25) is 0 Å². The average Bonchev–Trinajstić information content (AvgIpc) is 2.24. The van der Waals surface area contributed by atoms with Gasteiger partial charge in [0.1, 0.15) is 0 Å². The smallest absolute Gasteiger partial charge is 0.0443 e. The molecule has 0 aliphatic rings. The summed E-state index contributed by atoms with van der Waals surface area (Å²) in [6.45, 7) is 9.62. The fourth-order valence-electron chi connectivity index (χ4n) is 1.68. The summed E-state index contributed by atoms with van der Waals surface area (Å²) in [5.74, 6) is 0. The molecule has 0 aliphatic carbocycles. The van der Waals surface area contributed by atoms with Crippen molar-refractivity contribution in [1.82, 2.24) is 5.32 Å². The Morgan fingerprint density at radius 1 is 1.22 bits per heavy atom. The monoisotopic (exact) mass is 265 g/mol. The van der Waals surface area contributed by atoms with E-state index in [0.717, 1.165) is 24.4 Å². The van der Waals surface area contributed by atoms with Crippen molar-refractivity contribution in [1.29, 1.82) is 0 Å². The Bertz CT molecular complexity index is 402. The molecule has 100 valence electrons. The van der Waals surface area contributed by atoms with Crippen molar-refractivity contribution in [2.75, 3.05) is 6.54 Å². The zero-order chi connectivity index (χ0) is 13.6. The highest BCUT2D eigenvalue weighted by atomic mass is 35.5. The lowest BCUT2D eigenvalue weighted by Crippen LogP contribution is -2.36. The van der Waals surface area contributed by atoms with Crippen molar-refractivity contribution >= 4 is 11.6 Å². The zero-order valence-electron chi connectivity index (χ0n) is 11.9. The lowest BCUT2D eigenvalue weighted by Gasteiger charge is -2.19. The van der Waals surface area contributed by atoms with E-state index in [1.54, 1.807) is 0 Å². The highest BCUT2D eigenvalue weighted by molar-refractivity contribution is 6.31. The fourth-order valence-corrected chi connectivity index (χ4v) is 1.99. The molecule has 0 aromatic heterocycles. The SMILES string of the molecule is Cc1ccc(C/C=C/CCNC(C)(C)C)c(Cl)c1. The molecule has 0 saturated heterocycles. The van der Waals surface area contributed by atoms with Crippen LogP contribution < -0.4 is 5.32 Å². The molecule has 0 fully saturated rings. The summed E-state index contributed by atoms with van der Waals surface area (Å²) in [6.07, 6.45) is 6.38. The third kappa shape index (κ3) is 6.23. The van der Waals surface area contributed by atoms with Gasteiger partial charge in [-0.25, -0.2) is 0 Å². The van der Waals surface area contributed by atoms with E-state index in [0.29, 0.717) is 0 Å². The predicted octanol–water partition coefficient (Wildman–Crippen LogP) is 4.53. The number of aryl methyl sites for hydroxylation is 1. The normalized spacial score (nSPS) is 12.3. The molecule has 0 amide bonds. The molecule has 18 heavy (non-hydrogen) atoms. The van der Waals surface area contributed by atoms with Crippen LogP contribution in [0.3, 0.4) is 0 Å². The summed E-state index contributed by atoms with van der Waals surface area (Å²) in [6, 6.07) is 6.23. The molecular formula is C16H24ClN. The van der Waals surface area contributed by atoms with Crippen LogP contribution in [0.5, 0.6) is 0 Å². The van der Waals surface area contributed by atoms with E-state index in [1.165, 1.54) is 11.1 Å². The standard InChI is InChI=1S/C16H24ClN/c1-13-9-10-14(15(17)12-13)8-6-5-7-11-18-16(2,3)4/h5-6,9-10,12,18H,7-8,11H2,1-4H3/b6-5+. The molecule has 0 saturated carbocycles. The minimum Gasteiger partial charge on any atom is -0.312 e. The molecule has 1 rings (SSSR count). The van der Waals surface area contributed by atoms with Gasteiger partial charge in [-0.1, -0.05) is 35.9 Å². The lowest BCUT2D eigenvalue weighted by atomic mass is 10.1. The van der Waals surface area contributed by atoms with E-state index in [4.69, 9.17) is 11.6 Å². The number of rotatable bonds is 5. The molecule has 0 spiro atoms. The third-order valence-electron chi connectivity index (χ3n) is 2.68. The first-order valence-electron chi connectivity index (χ1n) is 6.53. The van der Waals surface area contributed by atoms with Gasteiger partial charge in [-0.15, -0.1) is 0 Å². The molecule has 0 heterocycles. The summed E-state index contributed by atoms with van der Waals surface area (Å²) in [5.41, 5.74) is 2.61. The van der Waals surface area contributed by atoms with Crippen molar-refractivity contribution in [2.24, 2.45) is 0 Å². The van der Waals surface area contributed by atoms with Crippen LogP contribution in [0.4, 0.5) is 0 Å². The number of halogens is 1. The van der Waals surface area contributed by atoms with Gasteiger partial charge in [-0.2, -0.15) is 0 Å². The maximum absolute atomic E-state index is 6.18. The van der Waals surface area contributed by atoms with Crippen LogP contribution in [-0.2, 0) is 6.42 Å². The summed E-state index contributed by atoms with van der Waals surface area (Å²) in [7, 11) is 0. The maximum Gasteiger partial charge on any atom is 0.0443 e. The van der Waals surface area contributed by atoms with Gasteiger partial charge >= 0.3 is 0 Å². The van der Waals surface area contributed by atoms with Crippen LogP contribution in [-0.4, -0.2) is 12.1 Å². The molecule has 1 aromatic rings. The van der Waals surface area contributed by atoms with Crippen molar-refractivity contribution in [2.45, 2.75) is 46.1 Å². The van der Waals surface area contributed by atoms with E-state index in [-0.39, 0.29) is 5.54 Å². The van der Waals surface area contributed by atoms with Crippen LogP contribution >= 0.6 is 11.6 Å². The van der Waals surface area contributed by atoms with E-state index < -0.39 is 0 Å². The van der Waals surface area contributed by atoms with Gasteiger partial charge in [0.15, 0.2) is 0 Å². The second kappa shape index (κ2) is 6.96. The zero-order valence-corrected chi connectivity index (χ0v) is 12.6. The Kier molecular flexibility index (Phi) is 5.90. The van der Waals surface area contributed by atoms with Gasteiger partial charge < -0.3 is 5.32 Å². The summed E-state index contributed by atoms with van der Waals surface area (Å²) >= 11 is 6.18. The second-order valence-electron chi connectivity index (χ2n) is 5.74. The van der Waals surface area contributed by atoms with Crippen molar-refractivity contribution in [3.63, 3.8) is 0 Å². The van der Waals surface area contributed by atoms with Crippen molar-refractivity contribution in [3.8, 4) is 0 Å². The van der Waals surface area contributed by atoms with Crippen LogP contribution in [0.2, 0.25) is 5.02 Å². The molecule has 0 radical (unpaired) electrons. The highest BCUT2D eigenvalue weighted by Gasteiger charge is 2.06. The van der Waals surface area contributed by atoms with Crippen LogP contribution in [0.15, 0.2) is 30.4 Å². The second-order valence-corrected chi connectivity index (χ2v) is 6.14. The minimum atomic E-state index is 0.202. The van der Waals surface area contributed by atoms with Gasteiger partial charge in [-0.05, 0) is 64.3 Å². The molecule has 1 N–H and O–H groups in total.